The van der Waals surface area contributed by atoms with Gasteiger partial charge in [0.2, 0.25) is 0 Å². The highest BCUT2D eigenvalue weighted by atomic mass is 15.2. The summed E-state index contributed by atoms with van der Waals surface area (Å²) >= 11 is 0. The highest BCUT2D eigenvalue weighted by Gasteiger charge is 2.21. The van der Waals surface area contributed by atoms with Gasteiger partial charge in [-0.3, -0.25) is 0 Å². The molecular weight excluding hydrogens is 272 g/mol. The molecule has 4 nitrogen and oxygen atoms in total. The Bertz CT molecular complexity index is 611. The highest BCUT2D eigenvalue weighted by Crippen LogP contribution is 2.17. The van der Waals surface area contributed by atoms with E-state index in [9.17, 15) is 0 Å². The Morgan fingerprint density at radius 2 is 2.09 bits per heavy atom. The molecule has 120 valence electrons. The zero-order valence-electron chi connectivity index (χ0n) is 14.1. The van der Waals surface area contributed by atoms with Gasteiger partial charge in [0.15, 0.2) is 0 Å². The highest BCUT2D eigenvalue weighted by molar-refractivity contribution is 5.78. The van der Waals surface area contributed by atoms with E-state index in [2.05, 4.69) is 53.9 Å². The number of imidazole rings is 1. The van der Waals surface area contributed by atoms with Crippen LogP contribution in [0.15, 0.2) is 18.2 Å². The molecule has 4 heteroatoms. The van der Waals surface area contributed by atoms with E-state index in [1.807, 2.05) is 0 Å². The van der Waals surface area contributed by atoms with Crippen LogP contribution in [0.1, 0.15) is 31.2 Å². The third-order valence-electron chi connectivity index (χ3n) is 5.09. The summed E-state index contributed by atoms with van der Waals surface area (Å²) in [6.45, 7) is 9.14. The minimum atomic E-state index is 0.730. The van der Waals surface area contributed by atoms with Gasteiger partial charge < -0.3 is 14.8 Å². The molecule has 1 aliphatic rings. The smallest absolute Gasteiger partial charge is 0.108 e. The maximum absolute atomic E-state index is 4.76. The fourth-order valence-corrected chi connectivity index (χ4v) is 3.49. The van der Waals surface area contributed by atoms with Crippen LogP contribution < -0.4 is 0 Å². The van der Waals surface area contributed by atoms with E-state index in [0.717, 1.165) is 35.9 Å². The molecule has 22 heavy (non-hydrogen) atoms. The van der Waals surface area contributed by atoms with Crippen LogP contribution in [0.3, 0.4) is 0 Å². The number of aryl methyl sites for hydroxylation is 1. The van der Waals surface area contributed by atoms with Crippen LogP contribution in [0.25, 0.3) is 11.0 Å². The number of hydrogen-bond donors (Lipinski definition) is 1. The average molecular weight is 300 g/mol. The van der Waals surface area contributed by atoms with Crippen molar-refractivity contribution in [3.63, 3.8) is 0 Å². The quantitative estimate of drug-likeness (QED) is 0.922. The molecule has 1 aliphatic heterocycles. The minimum Gasteiger partial charge on any atom is -0.342 e. The Morgan fingerprint density at radius 1 is 1.32 bits per heavy atom. The Kier molecular flexibility index (Phi) is 4.79. The SMILES string of the molecule is CCN1CCC(N(C)CCc2nc3c(C)cccc3[nH]2)CC1. The fourth-order valence-electron chi connectivity index (χ4n) is 3.49. The number of piperidine rings is 1. The molecule has 1 aromatic heterocycles. The summed E-state index contributed by atoms with van der Waals surface area (Å²) in [6, 6.07) is 7.06. The lowest BCUT2D eigenvalue weighted by atomic mass is 10.0. The number of likely N-dealkylation sites (N-methyl/N-ethyl adjacent to an activating group) is 1. The van der Waals surface area contributed by atoms with Gasteiger partial charge in [0.1, 0.15) is 5.82 Å². The van der Waals surface area contributed by atoms with E-state index >= 15 is 0 Å². The minimum absolute atomic E-state index is 0.730. The van der Waals surface area contributed by atoms with Gasteiger partial charge in [-0.05, 0) is 58.1 Å². The molecule has 1 N–H and O–H groups in total. The first kappa shape index (κ1) is 15.5. The monoisotopic (exact) mass is 300 g/mol. The van der Waals surface area contributed by atoms with Gasteiger partial charge in [0.25, 0.3) is 0 Å². The second kappa shape index (κ2) is 6.80. The zero-order valence-corrected chi connectivity index (χ0v) is 14.1. The van der Waals surface area contributed by atoms with E-state index in [1.54, 1.807) is 0 Å². The van der Waals surface area contributed by atoms with Crippen molar-refractivity contribution < 1.29 is 0 Å². The number of aromatic amines is 1. The molecule has 1 saturated heterocycles. The number of aromatic nitrogens is 2. The molecule has 2 heterocycles. The topological polar surface area (TPSA) is 35.2 Å². The molecule has 0 amide bonds. The summed E-state index contributed by atoms with van der Waals surface area (Å²) in [5.74, 6) is 1.11. The van der Waals surface area contributed by atoms with Crippen LogP contribution in [-0.4, -0.2) is 59.0 Å². The summed E-state index contributed by atoms with van der Waals surface area (Å²) in [4.78, 5) is 13.3. The first-order valence-electron chi connectivity index (χ1n) is 8.54. The van der Waals surface area contributed by atoms with Crippen LogP contribution in [0.4, 0.5) is 0 Å². The standard InChI is InChI=1S/C18H28N4/c1-4-22-12-8-15(9-13-22)21(3)11-10-17-19-16-7-5-6-14(2)18(16)20-17/h5-7,15H,4,8-13H2,1-3H3,(H,19,20). The molecule has 1 fully saturated rings. The predicted molar refractivity (Wildman–Crippen MR) is 92.3 cm³/mol. The van der Waals surface area contributed by atoms with Crippen LogP contribution in [0.2, 0.25) is 0 Å². The van der Waals surface area contributed by atoms with Crippen molar-refractivity contribution in [1.82, 2.24) is 19.8 Å². The predicted octanol–water partition coefficient (Wildman–Crippen LogP) is 2.83. The Morgan fingerprint density at radius 3 is 2.77 bits per heavy atom. The summed E-state index contributed by atoms with van der Waals surface area (Å²) in [6.07, 6.45) is 3.59. The van der Waals surface area contributed by atoms with E-state index in [4.69, 9.17) is 4.98 Å². The van der Waals surface area contributed by atoms with Crippen molar-refractivity contribution in [3.8, 4) is 0 Å². The number of likely N-dealkylation sites (tertiary alicyclic amines) is 1. The molecule has 0 spiro atoms. The number of nitrogens with one attached hydrogen (secondary N) is 1. The van der Waals surface area contributed by atoms with Gasteiger partial charge in [-0.25, -0.2) is 4.98 Å². The van der Waals surface area contributed by atoms with E-state index in [1.165, 1.54) is 38.0 Å². The molecule has 0 unspecified atom stereocenters. The summed E-state index contributed by atoms with van der Waals surface area (Å²) in [5, 5.41) is 0. The number of nitrogens with zero attached hydrogens (tertiary/aromatic N) is 3. The number of para-hydroxylation sites is 1. The third-order valence-corrected chi connectivity index (χ3v) is 5.09. The Balaban J connectivity index is 1.56. The van der Waals surface area contributed by atoms with Crippen molar-refractivity contribution in [3.05, 3.63) is 29.6 Å². The summed E-state index contributed by atoms with van der Waals surface area (Å²) < 4.78 is 0. The number of hydrogen-bond acceptors (Lipinski definition) is 3. The van der Waals surface area contributed by atoms with Gasteiger partial charge in [-0.15, -0.1) is 0 Å². The first-order valence-corrected chi connectivity index (χ1v) is 8.54. The van der Waals surface area contributed by atoms with Crippen molar-refractivity contribution >= 4 is 11.0 Å². The second-order valence-corrected chi connectivity index (χ2v) is 6.55. The van der Waals surface area contributed by atoms with E-state index in [0.29, 0.717) is 0 Å². The van der Waals surface area contributed by atoms with E-state index in [-0.39, 0.29) is 0 Å². The average Bonchev–Trinajstić information content (AvgIpc) is 2.97. The fraction of sp³-hybridized carbons (Fsp3) is 0.611. The first-order chi connectivity index (χ1) is 10.7. The van der Waals surface area contributed by atoms with Crippen molar-refractivity contribution in [2.24, 2.45) is 0 Å². The van der Waals surface area contributed by atoms with Crippen LogP contribution >= 0.6 is 0 Å². The molecule has 0 saturated carbocycles. The number of benzene rings is 1. The number of fused-ring (bicyclic) bond motifs is 1. The molecule has 0 atom stereocenters. The summed E-state index contributed by atoms with van der Waals surface area (Å²) in [5.41, 5.74) is 3.53. The van der Waals surface area contributed by atoms with Crippen LogP contribution in [0.5, 0.6) is 0 Å². The molecule has 0 bridgehead atoms. The van der Waals surface area contributed by atoms with Gasteiger partial charge in [-0.2, -0.15) is 0 Å². The number of H-pyrrole nitrogens is 1. The third kappa shape index (κ3) is 3.33. The van der Waals surface area contributed by atoms with Gasteiger partial charge in [0.05, 0.1) is 11.0 Å². The molecule has 3 rings (SSSR count). The van der Waals surface area contributed by atoms with Crippen LogP contribution in [-0.2, 0) is 6.42 Å². The second-order valence-electron chi connectivity index (χ2n) is 6.55. The van der Waals surface area contributed by atoms with Crippen molar-refractivity contribution in [1.29, 1.82) is 0 Å². The zero-order chi connectivity index (χ0) is 15.5. The van der Waals surface area contributed by atoms with Crippen LogP contribution in [0, 0.1) is 6.92 Å². The molecule has 0 aliphatic carbocycles. The summed E-state index contributed by atoms with van der Waals surface area (Å²) in [7, 11) is 2.26. The number of rotatable bonds is 5. The van der Waals surface area contributed by atoms with Gasteiger partial charge in [-0.1, -0.05) is 19.1 Å². The largest absolute Gasteiger partial charge is 0.342 e. The van der Waals surface area contributed by atoms with Crippen molar-refractivity contribution in [2.45, 2.75) is 39.2 Å². The maximum Gasteiger partial charge on any atom is 0.108 e. The molecule has 1 aromatic carbocycles. The molecular formula is C18H28N4. The van der Waals surface area contributed by atoms with Gasteiger partial charge >= 0.3 is 0 Å². The van der Waals surface area contributed by atoms with Crippen molar-refractivity contribution in [2.75, 3.05) is 33.2 Å². The Hall–Kier alpha value is -1.39. The lowest BCUT2D eigenvalue weighted by molar-refractivity contribution is 0.132. The van der Waals surface area contributed by atoms with Gasteiger partial charge in [0, 0.05) is 19.0 Å². The van der Waals surface area contributed by atoms with E-state index < -0.39 is 0 Å². The molecule has 2 aromatic rings. The molecule has 0 radical (unpaired) electrons. The normalized spacial score (nSPS) is 17.6. The lowest BCUT2D eigenvalue weighted by Crippen LogP contribution is -2.43. The Labute approximate surface area is 133 Å². The maximum atomic E-state index is 4.76. The lowest BCUT2D eigenvalue weighted by Gasteiger charge is -2.36.